The van der Waals surface area contributed by atoms with E-state index < -0.39 is 0 Å². The van der Waals surface area contributed by atoms with Crippen molar-refractivity contribution in [3.8, 4) is 0 Å². The highest BCUT2D eigenvalue weighted by Gasteiger charge is 2.35. The number of nitrogens with one attached hydrogen (secondary N) is 3. The maximum atomic E-state index is 12.9. The maximum Gasteiger partial charge on any atom is 0.241 e. The summed E-state index contributed by atoms with van der Waals surface area (Å²) < 4.78 is 0. The molecule has 1 aromatic carbocycles. The molecule has 2 aliphatic rings. The number of carbonyl (C=O) groups excluding carboxylic acids is 2. The lowest BCUT2D eigenvalue weighted by molar-refractivity contribution is -0.136. The van der Waals surface area contributed by atoms with Crippen LogP contribution in [0.5, 0.6) is 0 Å². The first-order valence-corrected chi connectivity index (χ1v) is 10.6. The molecule has 2 unspecified atom stereocenters. The van der Waals surface area contributed by atoms with Gasteiger partial charge in [0.05, 0.1) is 0 Å². The number of carbonyl (C=O) groups is 2. The van der Waals surface area contributed by atoms with Gasteiger partial charge in [-0.05, 0) is 74.1 Å². The van der Waals surface area contributed by atoms with Crippen LogP contribution < -0.4 is 16.2 Å². The van der Waals surface area contributed by atoms with E-state index in [0.29, 0.717) is 32.4 Å². The molecular formula is C23H29N5O2. The third-order valence-electron chi connectivity index (χ3n) is 5.98. The van der Waals surface area contributed by atoms with Gasteiger partial charge < -0.3 is 10.2 Å². The van der Waals surface area contributed by atoms with Crippen molar-refractivity contribution in [2.75, 3.05) is 18.4 Å². The summed E-state index contributed by atoms with van der Waals surface area (Å²) in [5.74, 6) is 0.0897. The van der Waals surface area contributed by atoms with Crippen molar-refractivity contribution >= 4 is 17.5 Å². The molecule has 7 nitrogen and oxygen atoms in total. The molecule has 30 heavy (non-hydrogen) atoms. The molecule has 3 heterocycles. The van der Waals surface area contributed by atoms with Crippen LogP contribution in [0.25, 0.3) is 0 Å². The van der Waals surface area contributed by atoms with E-state index in [1.165, 1.54) is 0 Å². The number of hydrogen-bond acceptors (Lipinski definition) is 5. The minimum Gasteiger partial charge on any atom is -0.341 e. The van der Waals surface area contributed by atoms with E-state index >= 15 is 0 Å². The van der Waals surface area contributed by atoms with Gasteiger partial charge in [-0.25, -0.2) is 10.9 Å². The minimum atomic E-state index is -0.246. The zero-order valence-corrected chi connectivity index (χ0v) is 17.5. The molecular weight excluding hydrogens is 378 g/mol. The van der Waals surface area contributed by atoms with Crippen molar-refractivity contribution in [1.29, 1.82) is 0 Å². The van der Waals surface area contributed by atoms with Gasteiger partial charge in [-0.1, -0.05) is 6.07 Å². The number of aryl methyl sites for hydroxylation is 2. The average Bonchev–Trinajstić information content (AvgIpc) is 3.23. The lowest BCUT2D eigenvalue weighted by atomic mass is 9.94. The van der Waals surface area contributed by atoms with Crippen LogP contribution in [-0.4, -0.2) is 40.8 Å². The van der Waals surface area contributed by atoms with Crippen LogP contribution in [0.2, 0.25) is 0 Å². The Bertz CT molecular complexity index is 889. The monoisotopic (exact) mass is 407 g/mol. The van der Waals surface area contributed by atoms with Crippen LogP contribution >= 0.6 is 0 Å². The van der Waals surface area contributed by atoms with Gasteiger partial charge in [-0.2, -0.15) is 0 Å². The molecule has 2 saturated heterocycles. The zero-order valence-electron chi connectivity index (χ0n) is 17.5. The predicted molar refractivity (Wildman–Crippen MR) is 116 cm³/mol. The van der Waals surface area contributed by atoms with Crippen LogP contribution in [-0.2, 0) is 9.59 Å². The van der Waals surface area contributed by atoms with Gasteiger partial charge >= 0.3 is 0 Å². The van der Waals surface area contributed by atoms with Crippen molar-refractivity contribution in [1.82, 2.24) is 20.7 Å². The summed E-state index contributed by atoms with van der Waals surface area (Å²) in [5, 5.41) is 3.05. The Labute approximate surface area is 177 Å². The number of piperidine rings is 1. The Hall–Kier alpha value is -2.77. The molecule has 0 aliphatic carbocycles. The summed E-state index contributed by atoms with van der Waals surface area (Å²) in [6.07, 6.45) is 5.61. The standard InChI is InChI=1S/C23H29N5O2/c1-15-11-16(2)13-19(12-15)25-22(29)18-5-9-28(10-6-18)23(30)21-14-20(26-27-21)17-3-7-24-8-4-17/h3-4,7-8,11-13,18,20-21,26-27H,5-6,9-10,14H2,1-2H3,(H,25,29). The predicted octanol–water partition coefficient (Wildman–Crippen LogP) is 2.48. The van der Waals surface area contributed by atoms with Crippen LogP contribution in [0.4, 0.5) is 5.69 Å². The number of anilines is 1. The number of amides is 2. The number of hydrazine groups is 1. The van der Waals surface area contributed by atoms with Gasteiger partial charge in [0.1, 0.15) is 6.04 Å². The molecule has 2 aliphatic heterocycles. The van der Waals surface area contributed by atoms with Crippen molar-refractivity contribution in [3.05, 3.63) is 59.4 Å². The van der Waals surface area contributed by atoms with Crippen LogP contribution in [0.15, 0.2) is 42.7 Å². The quantitative estimate of drug-likeness (QED) is 0.725. The highest BCUT2D eigenvalue weighted by atomic mass is 16.2. The second-order valence-electron chi connectivity index (χ2n) is 8.38. The molecule has 2 fully saturated rings. The van der Waals surface area contributed by atoms with E-state index in [2.05, 4.69) is 27.2 Å². The Balaban J connectivity index is 1.28. The Kier molecular flexibility index (Phi) is 6.11. The summed E-state index contributed by atoms with van der Waals surface area (Å²) in [7, 11) is 0. The van der Waals surface area contributed by atoms with Gasteiger partial charge in [0.2, 0.25) is 11.8 Å². The number of nitrogens with zero attached hydrogens (tertiary/aromatic N) is 2. The first-order valence-electron chi connectivity index (χ1n) is 10.6. The molecule has 4 rings (SSSR count). The molecule has 1 aromatic heterocycles. The van der Waals surface area contributed by atoms with E-state index in [-0.39, 0.29) is 29.8 Å². The number of rotatable bonds is 4. The SMILES string of the molecule is Cc1cc(C)cc(NC(=O)C2CCN(C(=O)C3CC(c4ccncc4)NN3)CC2)c1. The van der Waals surface area contributed by atoms with Crippen LogP contribution in [0.1, 0.15) is 42.0 Å². The van der Waals surface area contributed by atoms with Crippen molar-refractivity contribution in [3.63, 3.8) is 0 Å². The second-order valence-corrected chi connectivity index (χ2v) is 8.38. The van der Waals surface area contributed by atoms with E-state index in [4.69, 9.17) is 0 Å². The second kappa shape index (κ2) is 8.93. The maximum absolute atomic E-state index is 12.9. The third kappa shape index (κ3) is 4.68. The number of hydrogen-bond donors (Lipinski definition) is 3. The van der Waals surface area contributed by atoms with E-state index in [1.54, 1.807) is 12.4 Å². The lowest BCUT2D eigenvalue weighted by Crippen LogP contribution is -2.49. The van der Waals surface area contributed by atoms with Crippen molar-refractivity contribution in [2.45, 2.75) is 45.2 Å². The van der Waals surface area contributed by atoms with Crippen LogP contribution in [0, 0.1) is 19.8 Å². The smallest absolute Gasteiger partial charge is 0.241 e. The highest BCUT2D eigenvalue weighted by molar-refractivity contribution is 5.93. The van der Waals surface area contributed by atoms with Gasteiger partial charge in [0.15, 0.2) is 0 Å². The van der Waals surface area contributed by atoms with Gasteiger partial charge in [-0.15, -0.1) is 0 Å². The van der Waals surface area contributed by atoms with Crippen molar-refractivity contribution in [2.24, 2.45) is 5.92 Å². The normalized spacial score (nSPS) is 22.1. The summed E-state index contributed by atoms with van der Waals surface area (Å²) in [4.78, 5) is 31.5. The summed E-state index contributed by atoms with van der Waals surface area (Å²) in [5.41, 5.74) is 10.6. The zero-order chi connectivity index (χ0) is 21.1. The molecule has 2 atom stereocenters. The molecule has 0 bridgehead atoms. The molecule has 3 N–H and O–H groups in total. The fourth-order valence-corrected chi connectivity index (χ4v) is 4.41. The van der Waals surface area contributed by atoms with E-state index in [1.807, 2.05) is 43.0 Å². The fourth-order valence-electron chi connectivity index (χ4n) is 4.41. The molecule has 0 saturated carbocycles. The van der Waals surface area contributed by atoms with Crippen molar-refractivity contribution < 1.29 is 9.59 Å². The van der Waals surface area contributed by atoms with Gasteiger partial charge in [-0.3, -0.25) is 14.6 Å². The number of pyridine rings is 1. The fraction of sp³-hybridized carbons (Fsp3) is 0.435. The van der Waals surface area contributed by atoms with Gasteiger partial charge in [0.25, 0.3) is 0 Å². The topological polar surface area (TPSA) is 86.4 Å². The summed E-state index contributed by atoms with van der Waals surface area (Å²) in [6.45, 7) is 5.28. The van der Waals surface area contributed by atoms with Crippen LogP contribution in [0.3, 0.4) is 0 Å². The van der Waals surface area contributed by atoms with E-state index in [9.17, 15) is 9.59 Å². The third-order valence-corrected chi connectivity index (χ3v) is 5.98. The lowest BCUT2D eigenvalue weighted by Gasteiger charge is -2.32. The molecule has 2 amide bonds. The average molecular weight is 408 g/mol. The first kappa shape index (κ1) is 20.5. The van der Waals surface area contributed by atoms with E-state index in [0.717, 1.165) is 22.4 Å². The molecule has 0 radical (unpaired) electrons. The minimum absolute atomic E-state index is 0.0468. The molecule has 2 aromatic rings. The molecule has 0 spiro atoms. The Morgan fingerprint density at radius 2 is 1.70 bits per heavy atom. The largest absolute Gasteiger partial charge is 0.341 e. The highest BCUT2D eigenvalue weighted by Crippen LogP contribution is 2.25. The van der Waals surface area contributed by atoms with Gasteiger partial charge in [0, 0.05) is 43.1 Å². The Morgan fingerprint density at radius 3 is 2.37 bits per heavy atom. The molecule has 7 heteroatoms. The summed E-state index contributed by atoms with van der Waals surface area (Å²) >= 11 is 0. The summed E-state index contributed by atoms with van der Waals surface area (Å²) in [6, 6.07) is 9.85. The first-order chi connectivity index (χ1) is 14.5. The molecule has 158 valence electrons. The number of benzene rings is 1. The number of aromatic nitrogens is 1. The number of likely N-dealkylation sites (tertiary alicyclic amines) is 1. The Morgan fingerprint density at radius 1 is 1.03 bits per heavy atom.